The van der Waals surface area contributed by atoms with Gasteiger partial charge in [0.1, 0.15) is 12.2 Å². The number of anilines is 1. The minimum atomic E-state index is -2.21. The molecule has 212 valence electrons. The van der Waals surface area contributed by atoms with Crippen LogP contribution in [0.5, 0.6) is 0 Å². The van der Waals surface area contributed by atoms with Crippen LogP contribution in [0.1, 0.15) is 77.0 Å². The van der Waals surface area contributed by atoms with Gasteiger partial charge in [0.25, 0.3) is 5.56 Å². The maximum absolute atomic E-state index is 13.9. The Balaban J connectivity index is 1.80. The number of aromatic nitrogens is 2. The van der Waals surface area contributed by atoms with Crippen molar-refractivity contribution in [1.29, 1.82) is 0 Å². The molecule has 2 aliphatic rings. The number of nitrogens with zero attached hydrogens (tertiary/aromatic N) is 2. The van der Waals surface area contributed by atoms with E-state index in [1.807, 2.05) is 31.2 Å². The summed E-state index contributed by atoms with van der Waals surface area (Å²) in [4.78, 5) is 43.7. The summed E-state index contributed by atoms with van der Waals surface area (Å²) in [6.45, 7) is 15.5. The van der Waals surface area contributed by atoms with Crippen LogP contribution in [0.3, 0.4) is 0 Å². The average Bonchev–Trinajstić information content (AvgIpc) is 3.17. The van der Waals surface area contributed by atoms with Crippen molar-refractivity contribution in [2.75, 3.05) is 5.32 Å². The number of carbonyl (C=O) groups excluding carboxylic acids is 2. The number of esters is 1. The third-order valence-corrected chi connectivity index (χ3v) is 14.8. The summed E-state index contributed by atoms with van der Waals surface area (Å²) in [7, 11) is -2.21. The number of aliphatic hydroxyl groups is 1. The number of pyridine rings is 2. The molecule has 1 atom stereocenters. The van der Waals surface area contributed by atoms with Crippen LogP contribution in [0.15, 0.2) is 29.1 Å². The molecule has 0 spiro atoms. The Kier molecular flexibility index (Phi) is 6.82. The third-order valence-electron chi connectivity index (χ3n) is 9.21. The summed E-state index contributed by atoms with van der Waals surface area (Å²) in [6, 6.07) is 7.69. The van der Waals surface area contributed by atoms with Crippen LogP contribution in [0.2, 0.25) is 18.1 Å². The molecule has 1 unspecified atom stereocenters. The van der Waals surface area contributed by atoms with Crippen molar-refractivity contribution >= 4 is 41.7 Å². The first-order valence-corrected chi connectivity index (χ1v) is 17.1. The normalized spacial score (nSPS) is 18.6. The zero-order valence-corrected chi connectivity index (χ0v) is 25.5. The van der Waals surface area contributed by atoms with Gasteiger partial charge in [-0.1, -0.05) is 47.7 Å². The van der Waals surface area contributed by atoms with Gasteiger partial charge in [0.15, 0.2) is 0 Å². The van der Waals surface area contributed by atoms with Gasteiger partial charge in [0.05, 0.1) is 43.5 Å². The number of nitrogens with one attached hydrogen (secondary N) is 1. The average molecular weight is 562 g/mol. The molecule has 8 nitrogen and oxygen atoms in total. The molecular weight excluding hydrogens is 522 g/mol. The van der Waals surface area contributed by atoms with Crippen LogP contribution < -0.4 is 16.1 Å². The topological polar surface area (TPSA) is 111 Å². The van der Waals surface area contributed by atoms with Crippen molar-refractivity contribution in [3.8, 4) is 11.4 Å². The van der Waals surface area contributed by atoms with Crippen LogP contribution in [-0.4, -0.2) is 34.6 Å². The number of benzene rings is 1. The van der Waals surface area contributed by atoms with E-state index in [-0.39, 0.29) is 36.0 Å². The molecule has 1 amide bonds. The van der Waals surface area contributed by atoms with E-state index in [4.69, 9.17) is 9.72 Å². The van der Waals surface area contributed by atoms with Gasteiger partial charge in [0, 0.05) is 17.5 Å². The van der Waals surface area contributed by atoms with Gasteiger partial charge in [-0.3, -0.25) is 14.4 Å². The second kappa shape index (κ2) is 9.66. The summed E-state index contributed by atoms with van der Waals surface area (Å²) < 4.78 is 7.05. The second-order valence-electron chi connectivity index (χ2n) is 12.8. The van der Waals surface area contributed by atoms with Gasteiger partial charge in [-0.25, -0.2) is 4.98 Å². The summed E-state index contributed by atoms with van der Waals surface area (Å²) in [5.41, 5.74) is 2.99. The molecule has 0 radical (unpaired) electrons. The van der Waals surface area contributed by atoms with E-state index in [0.717, 1.165) is 34.3 Å². The van der Waals surface area contributed by atoms with Crippen molar-refractivity contribution in [1.82, 2.24) is 9.55 Å². The molecular formula is C31H39N3O5Si. The van der Waals surface area contributed by atoms with Crippen molar-refractivity contribution in [2.45, 2.75) is 97.2 Å². The van der Waals surface area contributed by atoms with Gasteiger partial charge in [0.2, 0.25) is 5.91 Å². The van der Waals surface area contributed by atoms with Crippen LogP contribution >= 0.6 is 0 Å². The van der Waals surface area contributed by atoms with Gasteiger partial charge >= 0.3 is 5.97 Å². The van der Waals surface area contributed by atoms with Gasteiger partial charge in [-0.2, -0.15) is 0 Å². The molecule has 1 aromatic carbocycles. The smallest absolute Gasteiger partial charge is 0.309 e. The lowest BCUT2D eigenvalue weighted by atomic mass is 9.85. The second-order valence-corrected chi connectivity index (χ2v) is 18.0. The summed E-state index contributed by atoms with van der Waals surface area (Å²) in [5, 5.41) is 16.7. The van der Waals surface area contributed by atoms with Gasteiger partial charge < -0.3 is 19.7 Å². The van der Waals surface area contributed by atoms with Crippen LogP contribution in [0.25, 0.3) is 22.3 Å². The first-order valence-electron chi connectivity index (χ1n) is 14.1. The molecule has 2 aromatic heterocycles. The van der Waals surface area contributed by atoms with Crippen molar-refractivity contribution in [3.63, 3.8) is 0 Å². The first kappa shape index (κ1) is 28.2. The number of carbonyl (C=O) groups is 2. The molecule has 2 aliphatic heterocycles. The molecule has 9 heteroatoms. The Morgan fingerprint density at radius 2 is 1.90 bits per heavy atom. The molecule has 0 bridgehead atoms. The number of rotatable bonds is 5. The number of fused-ring (bicyclic) bond motifs is 5. The highest BCUT2D eigenvalue weighted by Crippen LogP contribution is 2.42. The Hall–Kier alpha value is -3.30. The maximum Gasteiger partial charge on any atom is 0.309 e. The fraction of sp³-hybridized carbons (Fsp3) is 0.484. The molecule has 40 heavy (non-hydrogen) atoms. The SMILES string of the molecule is CCCC(=O)Nc1ccc2nc3c(c([Si](C)(C)C(C)(C)C)c2c1)Cn1c-3cc2c(c1=O)COC(=O)CC2(O)CC. The highest BCUT2D eigenvalue weighted by Gasteiger charge is 2.44. The number of hydrogen-bond acceptors (Lipinski definition) is 6. The molecule has 0 saturated carbocycles. The summed E-state index contributed by atoms with van der Waals surface area (Å²) in [5.74, 6) is -0.536. The lowest BCUT2D eigenvalue weighted by Crippen LogP contribution is -2.51. The fourth-order valence-corrected chi connectivity index (χ4v) is 8.47. The highest BCUT2D eigenvalue weighted by atomic mass is 28.3. The molecule has 4 heterocycles. The quantitative estimate of drug-likeness (QED) is 0.264. The van der Waals surface area contributed by atoms with E-state index in [1.54, 1.807) is 11.5 Å². The van der Waals surface area contributed by atoms with Gasteiger partial charge in [-0.05, 0) is 58.5 Å². The minimum absolute atomic E-state index is 0.00985. The standard InChI is InChI=1S/C31H39N3O5Si/c1-8-10-25(35)32-18-11-12-23-19(13-18)28(40(6,7)30(3,4)5)20-16-34-24(27(20)33-23)14-22-21(29(34)37)17-39-26(36)15-31(22,38)9-2/h11-14,38H,8-10,15-17H2,1-7H3,(H,32,35). The fourth-order valence-electron chi connectivity index (χ4n) is 5.89. The Morgan fingerprint density at radius 3 is 2.55 bits per heavy atom. The first-order chi connectivity index (χ1) is 18.7. The molecule has 5 rings (SSSR count). The van der Waals surface area contributed by atoms with E-state index in [9.17, 15) is 19.5 Å². The summed E-state index contributed by atoms with van der Waals surface area (Å²) in [6.07, 6.45) is 1.31. The zero-order chi connectivity index (χ0) is 29.2. The van der Waals surface area contributed by atoms with E-state index in [1.165, 1.54) is 5.19 Å². The molecule has 2 N–H and O–H groups in total. The van der Waals surface area contributed by atoms with E-state index >= 15 is 0 Å². The van der Waals surface area contributed by atoms with E-state index < -0.39 is 19.6 Å². The lowest BCUT2D eigenvalue weighted by molar-refractivity contribution is -0.149. The van der Waals surface area contributed by atoms with Gasteiger partial charge in [-0.15, -0.1) is 0 Å². The number of ether oxygens (including phenoxy) is 1. The molecule has 0 saturated heterocycles. The van der Waals surface area contributed by atoms with Crippen molar-refractivity contribution in [2.24, 2.45) is 0 Å². The Labute approximate surface area is 235 Å². The maximum atomic E-state index is 13.9. The largest absolute Gasteiger partial charge is 0.460 e. The van der Waals surface area contributed by atoms with Crippen LogP contribution in [0.4, 0.5) is 5.69 Å². The lowest BCUT2D eigenvalue weighted by Gasteiger charge is -2.39. The third kappa shape index (κ3) is 4.39. The zero-order valence-electron chi connectivity index (χ0n) is 24.5. The number of amides is 1. The van der Waals surface area contributed by atoms with E-state index in [2.05, 4.69) is 39.2 Å². The highest BCUT2D eigenvalue weighted by molar-refractivity contribution is 6.94. The summed E-state index contributed by atoms with van der Waals surface area (Å²) >= 11 is 0. The van der Waals surface area contributed by atoms with Crippen molar-refractivity contribution < 1.29 is 19.4 Å². The number of hydrogen-bond donors (Lipinski definition) is 2. The van der Waals surface area contributed by atoms with E-state index in [0.29, 0.717) is 29.8 Å². The van der Waals surface area contributed by atoms with Crippen LogP contribution in [0, 0.1) is 0 Å². The molecule has 0 aliphatic carbocycles. The monoisotopic (exact) mass is 561 g/mol. The predicted molar refractivity (Wildman–Crippen MR) is 160 cm³/mol. The Bertz CT molecular complexity index is 1620. The predicted octanol–water partition coefficient (Wildman–Crippen LogP) is 4.92. The molecule has 0 fully saturated rings. The number of cyclic esters (lactones) is 1. The Morgan fingerprint density at radius 1 is 1.18 bits per heavy atom. The molecule has 3 aromatic rings. The van der Waals surface area contributed by atoms with Crippen molar-refractivity contribution in [3.05, 3.63) is 51.3 Å². The minimum Gasteiger partial charge on any atom is -0.460 e. The van der Waals surface area contributed by atoms with Crippen LogP contribution in [-0.2, 0) is 33.1 Å².